The molecule has 1 aliphatic heterocycles. The number of carbonyl (C=O) groups excluding carboxylic acids is 1. The fourth-order valence-electron chi connectivity index (χ4n) is 1.93. The second kappa shape index (κ2) is 7.86. The van der Waals surface area contributed by atoms with Crippen LogP contribution in [-0.2, 0) is 19.4 Å². The van der Waals surface area contributed by atoms with Gasteiger partial charge in [0.25, 0.3) is 0 Å². The number of hydrogen-bond acceptors (Lipinski definition) is 5. The zero-order chi connectivity index (χ0) is 13.4. The summed E-state index contributed by atoms with van der Waals surface area (Å²) in [6.45, 7) is 3.71. The predicted molar refractivity (Wildman–Crippen MR) is 70.4 cm³/mol. The Balaban J connectivity index is 2.17. The number of carbonyl (C=O) groups is 1. The fourth-order valence-corrected chi connectivity index (χ4v) is 3.29. The molecule has 0 aromatic heterocycles. The molecule has 0 unspecified atom stereocenters. The van der Waals surface area contributed by atoms with Gasteiger partial charge in [-0.1, -0.05) is 6.92 Å². The SMILES string of the molecule is CCCS(=O)(=O)CCC(=O)COC1CCNCC1. The smallest absolute Gasteiger partial charge is 0.159 e. The van der Waals surface area contributed by atoms with Gasteiger partial charge in [0.15, 0.2) is 15.6 Å². The Morgan fingerprint density at radius 2 is 1.94 bits per heavy atom. The highest BCUT2D eigenvalue weighted by atomic mass is 32.2. The summed E-state index contributed by atoms with van der Waals surface area (Å²) in [7, 11) is -3.06. The molecule has 1 aliphatic rings. The molecule has 1 rings (SSSR count). The Morgan fingerprint density at radius 1 is 1.28 bits per heavy atom. The first-order valence-electron chi connectivity index (χ1n) is 6.58. The Kier molecular flexibility index (Phi) is 6.81. The molecular weight excluding hydrogens is 254 g/mol. The van der Waals surface area contributed by atoms with Gasteiger partial charge < -0.3 is 10.1 Å². The highest BCUT2D eigenvalue weighted by molar-refractivity contribution is 7.91. The minimum absolute atomic E-state index is 0.0464. The van der Waals surface area contributed by atoms with Crippen molar-refractivity contribution in [2.24, 2.45) is 0 Å². The van der Waals surface area contributed by atoms with Gasteiger partial charge in [0.1, 0.15) is 6.61 Å². The minimum Gasteiger partial charge on any atom is -0.370 e. The third kappa shape index (κ3) is 6.47. The normalized spacial score (nSPS) is 17.8. The molecule has 0 atom stereocenters. The molecule has 1 saturated heterocycles. The van der Waals surface area contributed by atoms with E-state index in [-0.39, 0.29) is 36.4 Å². The van der Waals surface area contributed by atoms with E-state index in [1.54, 1.807) is 0 Å². The molecule has 0 bridgehead atoms. The van der Waals surface area contributed by atoms with E-state index < -0.39 is 9.84 Å². The molecule has 106 valence electrons. The van der Waals surface area contributed by atoms with Gasteiger partial charge >= 0.3 is 0 Å². The molecule has 18 heavy (non-hydrogen) atoms. The van der Waals surface area contributed by atoms with E-state index in [1.165, 1.54) is 0 Å². The largest absolute Gasteiger partial charge is 0.370 e. The Hall–Kier alpha value is -0.460. The van der Waals surface area contributed by atoms with Gasteiger partial charge in [-0.25, -0.2) is 8.42 Å². The molecule has 0 amide bonds. The summed E-state index contributed by atoms with van der Waals surface area (Å²) in [6, 6.07) is 0. The first kappa shape index (κ1) is 15.6. The lowest BCUT2D eigenvalue weighted by Crippen LogP contribution is -2.33. The van der Waals surface area contributed by atoms with Crippen LogP contribution in [0.3, 0.4) is 0 Å². The van der Waals surface area contributed by atoms with E-state index in [2.05, 4.69) is 5.32 Å². The molecule has 0 aliphatic carbocycles. The van der Waals surface area contributed by atoms with E-state index >= 15 is 0 Å². The average Bonchev–Trinajstić information content (AvgIpc) is 2.35. The zero-order valence-electron chi connectivity index (χ0n) is 11.0. The van der Waals surface area contributed by atoms with Crippen LogP contribution in [0.4, 0.5) is 0 Å². The van der Waals surface area contributed by atoms with Crippen molar-refractivity contribution in [1.29, 1.82) is 0 Å². The average molecular weight is 277 g/mol. The third-order valence-corrected chi connectivity index (χ3v) is 4.83. The van der Waals surface area contributed by atoms with Crippen LogP contribution in [0.2, 0.25) is 0 Å². The maximum absolute atomic E-state index is 11.5. The summed E-state index contributed by atoms with van der Waals surface area (Å²) in [4.78, 5) is 11.5. The van der Waals surface area contributed by atoms with Crippen LogP contribution in [0.1, 0.15) is 32.6 Å². The molecule has 1 fully saturated rings. The molecule has 0 aromatic carbocycles. The summed E-state index contributed by atoms with van der Waals surface area (Å²) in [5, 5.41) is 3.22. The van der Waals surface area contributed by atoms with Gasteiger partial charge in [-0.05, 0) is 32.4 Å². The molecule has 0 spiro atoms. The van der Waals surface area contributed by atoms with Crippen LogP contribution in [0.5, 0.6) is 0 Å². The summed E-state index contributed by atoms with van der Waals surface area (Å²) >= 11 is 0. The Bertz CT molecular complexity index is 347. The lowest BCUT2D eigenvalue weighted by molar-refractivity contribution is -0.125. The van der Waals surface area contributed by atoms with Crippen molar-refractivity contribution in [2.45, 2.75) is 38.7 Å². The van der Waals surface area contributed by atoms with Gasteiger partial charge in [0.05, 0.1) is 11.9 Å². The first-order valence-corrected chi connectivity index (χ1v) is 8.40. The number of ether oxygens (including phenoxy) is 1. The Labute approximate surface area is 109 Å². The molecule has 0 radical (unpaired) electrons. The van der Waals surface area contributed by atoms with Crippen molar-refractivity contribution < 1.29 is 17.9 Å². The monoisotopic (exact) mass is 277 g/mol. The third-order valence-electron chi connectivity index (χ3n) is 2.97. The number of nitrogens with one attached hydrogen (secondary N) is 1. The van der Waals surface area contributed by atoms with Crippen molar-refractivity contribution in [3.8, 4) is 0 Å². The van der Waals surface area contributed by atoms with E-state index in [4.69, 9.17) is 4.74 Å². The van der Waals surface area contributed by atoms with Crippen molar-refractivity contribution in [2.75, 3.05) is 31.2 Å². The molecule has 1 heterocycles. The number of sulfone groups is 1. The van der Waals surface area contributed by atoms with Crippen LogP contribution in [-0.4, -0.2) is 51.5 Å². The number of hydrogen-bond donors (Lipinski definition) is 1. The lowest BCUT2D eigenvalue weighted by atomic mass is 10.1. The van der Waals surface area contributed by atoms with Crippen molar-refractivity contribution >= 4 is 15.6 Å². The molecule has 1 N–H and O–H groups in total. The minimum atomic E-state index is -3.06. The molecule has 5 nitrogen and oxygen atoms in total. The highest BCUT2D eigenvalue weighted by Crippen LogP contribution is 2.07. The van der Waals surface area contributed by atoms with E-state index in [1.807, 2.05) is 6.92 Å². The number of ketones is 1. The highest BCUT2D eigenvalue weighted by Gasteiger charge is 2.16. The fraction of sp³-hybridized carbons (Fsp3) is 0.917. The standard InChI is InChI=1S/C12H23NO4S/c1-2-8-18(15,16)9-5-11(14)10-17-12-3-6-13-7-4-12/h12-13H,2-10H2,1H3. The number of Topliss-reactive ketones (excluding diaryl/α,β-unsaturated/α-hetero) is 1. The quantitative estimate of drug-likeness (QED) is 0.701. The molecule has 6 heteroatoms. The van der Waals surface area contributed by atoms with E-state index in [0.717, 1.165) is 25.9 Å². The van der Waals surface area contributed by atoms with Crippen LogP contribution in [0.15, 0.2) is 0 Å². The maximum Gasteiger partial charge on any atom is 0.159 e. The van der Waals surface area contributed by atoms with Crippen LogP contribution < -0.4 is 5.32 Å². The maximum atomic E-state index is 11.5. The van der Waals surface area contributed by atoms with Gasteiger partial charge in [-0.3, -0.25) is 4.79 Å². The van der Waals surface area contributed by atoms with Crippen molar-refractivity contribution in [1.82, 2.24) is 5.32 Å². The van der Waals surface area contributed by atoms with Crippen LogP contribution >= 0.6 is 0 Å². The van der Waals surface area contributed by atoms with Crippen LogP contribution in [0.25, 0.3) is 0 Å². The van der Waals surface area contributed by atoms with Gasteiger partial charge in [-0.15, -0.1) is 0 Å². The summed E-state index contributed by atoms with van der Waals surface area (Å²) in [6.07, 6.45) is 2.65. The number of rotatable bonds is 8. The zero-order valence-corrected chi connectivity index (χ0v) is 11.8. The molecule has 0 aromatic rings. The van der Waals surface area contributed by atoms with Crippen LogP contribution in [0, 0.1) is 0 Å². The topological polar surface area (TPSA) is 72.5 Å². The van der Waals surface area contributed by atoms with E-state index in [9.17, 15) is 13.2 Å². The van der Waals surface area contributed by atoms with E-state index in [0.29, 0.717) is 6.42 Å². The molecule has 0 saturated carbocycles. The second-order valence-corrected chi connectivity index (χ2v) is 7.00. The van der Waals surface area contributed by atoms with Gasteiger partial charge in [-0.2, -0.15) is 0 Å². The summed E-state index contributed by atoms with van der Waals surface area (Å²) < 4.78 is 28.4. The van der Waals surface area contributed by atoms with Gasteiger partial charge in [0.2, 0.25) is 0 Å². The van der Waals surface area contributed by atoms with Crippen molar-refractivity contribution in [3.05, 3.63) is 0 Å². The predicted octanol–water partition coefficient (Wildman–Crippen LogP) is 0.539. The first-order chi connectivity index (χ1) is 8.53. The molecular formula is C12H23NO4S. The van der Waals surface area contributed by atoms with Crippen molar-refractivity contribution in [3.63, 3.8) is 0 Å². The Morgan fingerprint density at radius 3 is 2.56 bits per heavy atom. The lowest BCUT2D eigenvalue weighted by Gasteiger charge is -2.22. The summed E-state index contributed by atoms with van der Waals surface area (Å²) in [5.74, 6) is -0.00164. The number of piperidine rings is 1. The summed E-state index contributed by atoms with van der Waals surface area (Å²) in [5.41, 5.74) is 0. The second-order valence-electron chi connectivity index (χ2n) is 4.70. The van der Waals surface area contributed by atoms with Gasteiger partial charge in [0, 0.05) is 12.2 Å².